The third kappa shape index (κ3) is 0.978. The van der Waals surface area contributed by atoms with Crippen LogP contribution in [0.2, 0.25) is 0 Å². The van der Waals surface area contributed by atoms with Gasteiger partial charge in [-0.15, -0.1) is 0 Å². The minimum Gasteiger partial charge on any atom is -0.238 e. The van der Waals surface area contributed by atoms with E-state index in [9.17, 15) is 0 Å². The fourth-order valence-corrected chi connectivity index (χ4v) is 1.30. The molecule has 0 aliphatic carbocycles. The molecule has 12 heavy (non-hydrogen) atoms. The van der Waals surface area contributed by atoms with Gasteiger partial charge in [0.15, 0.2) is 0 Å². The molecule has 0 atom stereocenters. The van der Waals surface area contributed by atoms with Crippen molar-refractivity contribution in [3.8, 4) is 0 Å². The van der Waals surface area contributed by atoms with Crippen molar-refractivity contribution >= 4 is 5.52 Å². The van der Waals surface area contributed by atoms with Crippen LogP contribution in [0, 0.1) is 6.92 Å². The van der Waals surface area contributed by atoms with Gasteiger partial charge >= 0.3 is 0 Å². The predicted molar refractivity (Wildman–Crippen MR) is 47.1 cm³/mol. The lowest BCUT2D eigenvalue weighted by molar-refractivity contribution is 0.882. The Morgan fingerprint density at radius 2 is 2.33 bits per heavy atom. The molecule has 0 saturated heterocycles. The average molecular weight is 161 g/mol. The monoisotopic (exact) mass is 161 g/mol. The number of fused-ring (bicyclic) bond motifs is 1. The van der Waals surface area contributed by atoms with Gasteiger partial charge < -0.3 is 0 Å². The first-order valence-corrected chi connectivity index (χ1v) is 4.10. The molecular weight excluding hydrogens is 150 g/mol. The lowest BCUT2D eigenvalue weighted by atomic mass is 10.2. The van der Waals surface area contributed by atoms with Gasteiger partial charge in [-0.05, 0) is 25.0 Å². The maximum absolute atomic E-state index is 4.12. The smallest absolute Gasteiger partial charge is 0.136 e. The molecule has 3 nitrogen and oxygen atoms in total. The Labute approximate surface area is 71.1 Å². The fraction of sp³-hybridized carbons (Fsp3) is 0.333. The van der Waals surface area contributed by atoms with Crippen LogP contribution in [0.25, 0.3) is 5.52 Å². The van der Waals surface area contributed by atoms with E-state index in [1.54, 1.807) is 6.33 Å². The molecule has 0 fully saturated rings. The van der Waals surface area contributed by atoms with E-state index in [2.05, 4.69) is 23.1 Å². The van der Waals surface area contributed by atoms with E-state index in [4.69, 9.17) is 0 Å². The van der Waals surface area contributed by atoms with Crippen LogP contribution in [0.4, 0.5) is 0 Å². The Morgan fingerprint density at radius 1 is 1.50 bits per heavy atom. The highest BCUT2D eigenvalue weighted by Crippen LogP contribution is 2.10. The number of aromatic nitrogens is 3. The predicted octanol–water partition coefficient (Wildman–Crippen LogP) is 1.60. The van der Waals surface area contributed by atoms with Crippen LogP contribution in [-0.4, -0.2) is 14.6 Å². The Morgan fingerprint density at radius 3 is 3.00 bits per heavy atom. The Bertz CT molecular complexity index is 403. The zero-order valence-corrected chi connectivity index (χ0v) is 7.28. The summed E-state index contributed by atoms with van der Waals surface area (Å²) in [6.45, 7) is 4.13. The molecule has 0 radical (unpaired) electrons. The molecule has 0 saturated carbocycles. The van der Waals surface area contributed by atoms with Crippen molar-refractivity contribution in [2.45, 2.75) is 20.3 Å². The molecule has 2 aromatic heterocycles. The molecule has 2 heterocycles. The fourth-order valence-electron chi connectivity index (χ4n) is 1.30. The molecule has 3 heteroatoms. The van der Waals surface area contributed by atoms with E-state index in [1.807, 2.05) is 17.6 Å². The lowest BCUT2D eigenvalue weighted by Crippen LogP contribution is -1.92. The van der Waals surface area contributed by atoms with Crippen molar-refractivity contribution in [1.29, 1.82) is 0 Å². The molecule has 0 aliphatic heterocycles. The minimum absolute atomic E-state index is 1.03. The van der Waals surface area contributed by atoms with Crippen molar-refractivity contribution in [3.05, 3.63) is 29.8 Å². The maximum atomic E-state index is 4.12. The van der Waals surface area contributed by atoms with Gasteiger partial charge in [0, 0.05) is 6.20 Å². The summed E-state index contributed by atoms with van der Waals surface area (Å²) in [6, 6.07) is 2.13. The molecule has 0 spiro atoms. The Hall–Kier alpha value is -1.38. The van der Waals surface area contributed by atoms with E-state index >= 15 is 0 Å². The molecule has 0 unspecified atom stereocenters. The quantitative estimate of drug-likeness (QED) is 0.636. The van der Waals surface area contributed by atoms with Crippen LogP contribution in [-0.2, 0) is 6.42 Å². The van der Waals surface area contributed by atoms with Gasteiger partial charge in [-0.3, -0.25) is 0 Å². The summed E-state index contributed by atoms with van der Waals surface area (Å²) in [4.78, 5) is 4.12. The normalized spacial score (nSPS) is 10.8. The summed E-state index contributed by atoms with van der Waals surface area (Å²) >= 11 is 0. The molecule has 0 aliphatic rings. The molecule has 2 aromatic rings. The van der Waals surface area contributed by atoms with Gasteiger partial charge in [-0.25, -0.2) is 9.50 Å². The third-order valence-corrected chi connectivity index (χ3v) is 2.06. The van der Waals surface area contributed by atoms with Crippen LogP contribution in [0.1, 0.15) is 18.2 Å². The van der Waals surface area contributed by atoms with Crippen LogP contribution in [0.5, 0.6) is 0 Å². The summed E-state index contributed by atoms with van der Waals surface area (Å²) in [5.74, 6) is 0. The second-order valence-corrected chi connectivity index (χ2v) is 2.88. The number of nitrogens with zero attached hydrogens (tertiary/aromatic N) is 3. The number of hydrogen-bond acceptors (Lipinski definition) is 2. The second-order valence-electron chi connectivity index (χ2n) is 2.88. The van der Waals surface area contributed by atoms with E-state index in [0.29, 0.717) is 0 Å². The highest BCUT2D eigenvalue weighted by atomic mass is 15.2. The molecule has 62 valence electrons. The summed E-state index contributed by atoms with van der Waals surface area (Å²) in [5.41, 5.74) is 3.44. The summed E-state index contributed by atoms with van der Waals surface area (Å²) in [5, 5.41) is 4.12. The first-order valence-electron chi connectivity index (χ1n) is 4.10. The highest BCUT2D eigenvalue weighted by molar-refractivity contribution is 5.52. The molecule has 0 N–H and O–H groups in total. The third-order valence-electron chi connectivity index (χ3n) is 2.06. The summed E-state index contributed by atoms with van der Waals surface area (Å²) < 4.78 is 1.88. The second kappa shape index (κ2) is 2.59. The van der Waals surface area contributed by atoms with Crippen molar-refractivity contribution < 1.29 is 0 Å². The highest BCUT2D eigenvalue weighted by Gasteiger charge is 2.00. The Balaban J connectivity index is 2.74. The van der Waals surface area contributed by atoms with Crippen molar-refractivity contribution in [2.75, 3.05) is 0 Å². The van der Waals surface area contributed by atoms with E-state index in [0.717, 1.165) is 17.6 Å². The van der Waals surface area contributed by atoms with Crippen LogP contribution >= 0.6 is 0 Å². The first-order chi connectivity index (χ1) is 5.81. The van der Waals surface area contributed by atoms with Crippen molar-refractivity contribution in [3.63, 3.8) is 0 Å². The van der Waals surface area contributed by atoms with Crippen LogP contribution < -0.4 is 0 Å². The largest absolute Gasteiger partial charge is 0.238 e. The standard InChI is InChI=1S/C9H11N3/c1-3-8-4-9-7(2)10-6-11-12(9)5-8/h4-6H,3H2,1-2H3. The Kier molecular flexibility index (Phi) is 1.57. The summed E-state index contributed by atoms with van der Waals surface area (Å²) in [6.07, 6.45) is 4.68. The van der Waals surface area contributed by atoms with E-state index < -0.39 is 0 Å². The number of hydrogen-bond donors (Lipinski definition) is 0. The lowest BCUT2D eigenvalue weighted by Gasteiger charge is -1.93. The number of rotatable bonds is 1. The molecule has 0 aromatic carbocycles. The molecule has 0 amide bonds. The zero-order chi connectivity index (χ0) is 8.55. The molecule has 2 rings (SSSR count). The number of aryl methyl sites for hydroxylation is 2. The average Bonchev–Trinajstić information content (AvgIpc) is 2.49. The van der Waals surface area contributed by atoms with Gasteiger partial charge in [0.2, 0.25) is 0 Å². The van der Waals surface area contributed by atoms with Crippen molar-refractivity contribution in [2.24, 2.45) is 0 Å². The van der Waals surface area contributed by atoms with Gasteiger partial charge in [-0.1, -0.05) is 6.92 Å². The van der Waals surface area contributed by atoms with Gasteiger partial charge in [0.25, 0.3) is 0 Å². The SMILES string of the molecule is CCc1cc2c(C)ncnn2c1. The minimum atomic E-state index is 1.03. The van der Waals surface area contributed by atoms with Crippen LogP contribution in [0.15, 0.2) is 18.6 Å². The van der Waals surface area contributed by atoms with Crippen molar-refractivity contribution in [1.82, 2.24) is 14.6 Å². The topological polar surface area (TPSA) is 30.2 Å². The first kappa shape index (κ1) is 7.28. The van der Waals surface area contributed by atoms with E-state index in [1.165, 1.54) is 5.56 Å². The molecular formula is C9H11N3. The maximum Gasteiger partial charge on any atom is 0.136 e. The van der Waals surface area contributed by atoms with Gasteiger partial charge in [0.1, 0.15) is 6.33 Å². The summed E-state index contributed by atoms with van der Waals surface area (Å²) in [7, 11) is 0. The molecule has 0 bridgehead atoms. The van der Waals surface area contributed by atoms with E-state index in [-0.39, 0.29) is 0 Å². The zero-order valence-electron chi connectivity index (χ0n) is 7.28. The van der Waals surface area contributed by atoms with Gasteiger partial charge in [-0.2, -0.15) is 5.10 Å². The van der Waals surface area contributed by atoms with Gasteiger partial charge in [0.05, 0.1) is 11.2 Å². The van der Waals surface area contributed by atoms with Crippen LogP contribution in [0.3, 0.4) is 0 Å².